The summed E-state index contributed by atoms with van der Waals surface area (Å²) < 4.78 is 2.06. The molecule has 0 saturated carbocycles. The average molecular weight is 323 g/mol. The van der Waals surface area contributed by atoms with E-state index in [9.17, 15) is 9.90 Å². The number of carboxylic acid groups (broad SMARTS) is 1. The van der Waals surface area contributed by atoms with Crippen LogP contribution in [0.1, 0.15) is 26.3 Å². The van der Waals surface area contributed by atoms with Crippen LogP contribution in [-0.2, 0) is 5.41 Å². The van der Waals surface area contributed by atoms with E-state index in [-0.39, 0.29) is 5.41 Å². The second-order valence-corrected chi connectivity index (χ2v) is 6.29. The quantitative estimate of drug-likeness (QED) is 0.858. The average Bonchev–Trinajstić information content (AvgIpc) is 2.72. The first-order chi connectivity index (χ1) is 8.80. The van der Waals surface area contributed by atoms with Crippen LogP contribution in [-0.4, -0.2) is 20.8 Å². The molecule has 0 bridgehead atoms. The molecule has 0 unspecified atom stereocenters. The van der Waals surface area contributed by atoms with Crippen LogP contribution in [0.2, 0.25) is 0 Å². The number of aromatic nitrogens is 2. The van der Waals surface area contributed by atoms with Crippen molar-refractivity contribution in [3.05, 3.63) is 40.8 Å². The number of carbonyl (C=O) groups is 1. The van der Waals surface area contributed by atoms with Gasteiger partial charge in [0.1, 0.15) is 0 Å². The Labute approximate surface area is 120 Å². The van der Waals surface area contributed by atoms with Gasteiger partial charge in [0.2, 0.25) is 0 Å². The molecule has 2 heterocycles. The lowest BCUT2D eigenvalue weighted by molar-refractivity contribution is 0.196. The second-order valence-electron chi connectivity index (χ2n) is 5.37. The maximum atomic E-state index is 11.4. The number of rotatable bonds is 1. The van der Waals surface area contributed by atoms with E-state index in [1.165, 1.54) is 4.57 Å². The van der Waals surface area contributed by atoms with Crippen molar-refractivity contribution in [3.8, 4) is 11.3 Å². The van der Waals surface area contributed by atoms with E-state index in [2.05, 4.69) is 41.7 Å². The van der Waals surface area contributed by atoms with Crippen molar-refractivity contribution < 1.29 is 9.90 Å². The molecule has 19 heavy (non-hydrogen) atoms. The first-order valence-corrected chi connectivity index (χ1v) is 6.66. The molecule has 2 aromatic heterocycles. The molecule has 0 aliphatic carbocycles. The molecular formula is C14H15BrN2O2. The highest BCUT2D eigenvalue weighted by molar-refractivity contribution is 9.10. The van der Waals surface area contributed by atoms with Crippen LogP contribution in [0.3, 0.4) is 0 Å². The fourth-order valence-corrected chi connectivity index (χ4v) is 2.40. The standard InChI is InChI=1S/C14H15BrN2O2/c1-14(2,3)11-4-5-17(13(18)19)12(11)9-6-10(15)8-16-7-9/h4-8H,1-3H3,(H,18,19). The molecule has 2 aromatic rings. The molecular weight excluding hydrogens is 308 g/mol. The molecule has 0 aliphatic rings. The lowest BCUT2D eigenvalue weighted by Gasteiger charge is -2.20. The maximum absolute atomic E-state index is 11.4. The van der Waals surface area contributed by atoms with Crippen LogP contribution < -0.4 is 0 Å². The highest BCUT2D eigenvalue weighted by Crippen LogP contribution is 2.34. The van der Waals surface area contributed by atoms with E-state index >= 15 is 0 Å². The minimum Gasteiger partial charge on any atom is -0.464 e. The third-order valence-corrected chi connectivity index (χ3v) is 3.31. The first kappa shape index (κ1) is 13.8. The molecule has 5 heteroatoms. The Morgan fingerprint density at radius 3 is 2.58 bits per heavy atom. The van der Waals surface area contributed by atoms with E-state index < -0.39 is 6.09 Å². The van der Waals surface area contributed by atoms with Gasteiger partial charge in [-0.05, 0) is 39.0 Å². The zero-order chi connectivity index (χ0) is 14.2. The predicted molar refractivity (Wildman–Crippen MR) is 77.5 cm³/mol. The molecule has 0 atom stereocenters. The molecule has 0 fully saturated rings. The summed E-state index contributed by atoms with van der Waals surface area (Å²) in [7, 11) is 0. The summed E-state index contributed by atoms with van der Waals surface area (Å²) in [6, 6.07) is 3.72. The highest BCUT2D eigenvalue weighted by Gasteiger charge is 2.24. The molecule has 0 amide bonds. The smallest absolute Gasteiger partial charge is 0.416 e. The second kappa shape index (κ2) is 4.81. The van der Waals surface area contributed by atoms with Crippen LogP contribution in [0.5, 0.6) is 0 Å². The number of hydrogen-bond donors (Lipinski definition) is 1. The van der Waals surface area contributed by atoms with Gasteiger partial charge >= 0.3 is 6.09 Å². The summed E-state index contributed by atoms with van der Waals surface area (Å²) in [6.45, 7) is 6.18. The van der Waals surface area contributed by atoms with Crippen molar-refractivity contribution in [1.82, 2.24) is 9.55 Å². The topological polar surface area (TPSA) is 55.1 Å². The van der Waals surface area contributed by atoms with Crippen LogP contribution in [0.15, 0.2) is 35.2 Å². The summed E-state index contributed by atoms with van der Waals surface area (Å²) >= 11 is 3.37. The molecule has 1 N–H and O–H groups in total. The van der Waals surface area contributed by atoms with Gasteiger partial charge < -0.3 is 5.11 Å². The van der Waals surface area contributed by atoms with Gasteiger partial charge in [-0.1, -0.05) is 20.8 Å². The summed E-state index contributed by atoms with van der Waals surface area (Å²) in [4.78, 5) is 15.5. The van der Waals surface area contributed by atoms with E-state index in [0.29, 0.717) is 5.69 Å². The van der Waals surface area contributed by atoms with Gasteiger partial charge in [-0.3, -0.25) is 9.55 Å². The van der Waals surface area contributed by atoms with Gasteiger partial charge in [0, 0.05) is 28.6 Å². The Hall–Kier alpha value is -1.62. The third-order valence-electron chi connectivity index (χ3n) is 2.88. The fourth-order valence-electron chi connectivity index (χ4n) is 2.03. The van der Waals surface area contributed by atoms with Gasteiger partial charge in [0.15, 0.2) is 0 Å². The number of pyridine rings is 1. The SMILES string of the molecule is CC(C)(C)c1ccn(C(=O)O)c1-c1cncc(Br)c1. The van der Waals surface area contributed by atoms with Gasteiger partial charge in [-0.2, -0.15) is 0 Å². The van der Waals surface area contributed by atoms with Gasteiger partial charge in [0.25, 0.3) is 0 Å². The van der Waals surface area contributed by atoms with E-state index in [1.807, 2.05) is 12.1 Å². The minimum atomic E-state index is -0.995. The van der Waals surface area contributed by atoms with Crippen molar-refractivity contribution in [2.45, 2.75) is 26.2 Å². The molecule has 100 valence electrons. The summed E-state index contributed by atoms with van der Waals surface area (Å²) in [5.74, 6) is 0. The first-order valence-electron chi connectivity index (χ1n) is 5.87. The Bertz CT molecular complexity index is 627. The van der Waals surface area contributed by atoms with Crippen LogP contribution >= 0.6 is 15.9 Å². The number of hydrogen-bond acceptors (Lipinski definition) is 2. The molecule has 0 radical (unpaired) electrons. The van der Waals surface area contributed by atoms with E-state index in [1.54, 1.807) is 18.6 Å². The number of nitrogens with zero attached hydrogens (tertiary/aromatic N) is 2. The molecule has 4 nitrogen and oxygen atoms in total. The Balaban J connectivity index is 2.72. The van der Waals surface area contributed by atoms with Gasteiger partial charge in [-0.15, -0.1) is 0 Å². The van der Waals surface area contributed by atoms with Crippen molar-refractivity contribution in [2.24, 2.45) is 0 Å². The minimum absolute atomic E-state index is 0.141. The van der Waals surface area contributed by atoms with Crippen LogP contribution in [0.4, 0.5) is 4.79 Å². The Morgan fingerprint density at radius 1 is 1.37 bits per heavy atom. The van der Waals surface area contributed by atoms with Crippen molar-refractivity contribution in [2.75, 3.05) is 0 Å². The van der Waals surface area contributed by atoms with Crippen molar-refractivity contribution in [1.29, 1.82) is 0 Å². The van der Waals surface area contributed by atoms with E-state index in [0.717, 1.165) is 15.6 Å². The summed E-state index contributed by atoms with van der Waals surface area (Å²) in [5.41, 5.74) is 2.30. The van der Waals surface area contributed by atoms with Crippen molar-refractivity contribution in [3.63, 3.8) is 0 Å². The van der Waals surface area contributed by atoms with Crippen LogP contribution in [0, 0.1) is 0 Å². The lowest BCUT2D eigenvalue weighted by atomic mass is 9.86. The zero-order valence-corrected chi connectivity index (χ0v) is 12.6. The molecule has 0 spiro atoms. The maximum Gasteiger partial charge on any atom is 0.416 e. The molecule has 0 aromatic carbocycles. The molecule has 2 rings (SSSR count). The predicted octanol–water partition coefficient (Wildman–Crippen LogP) is 4.14. The largest absolute Gasteiger partial charge is 0.464 e. The fraction of sp³-hybridized carbons (Fsp3) is 0.286. The van der Waals surface area contributed by atoms with E-state index in [4.69, 9.17) is 0 Å². The monoisotopic (exact) mass is 322 g/mol. The summed E-state index contributed by atoms with van der Waals surface area (Å²) in [6.07, 6.45) is 3.94. The van der Waals surface area contributed by atoms with Crippen LogP contribution in [0.25, 0.3) is 11.3 Å². The van der Waals surface area contributed by atoms with Gasteiger partial charge in [0.05, 0.1) is 5.69 Å². The third kappa shape index (κ3) is 2.71. The molecule has 0 saturated heterocycles. The van der Waals surface area contributed by atoms with Crippen molar-refractivity contribution >= 4 is 22.0 Å². The normalized spacial score (nSPS) is 11.6. The molecule has 0 aliphatic heterocycles. The zero-order valence-electron chi connectivity index (χ0n) is 11.0. The Morgan fingerprint density at radius 2 is 2.05 bits per heavy atom. The highest BCUT2D eigenvalue weighted by atomic mass is 79.9. The van der Waals surface area contributed by atoms with Gasteiger partial charge in [-0.25, -0.2) is 4.79 Å². The lowest BCUT2D eigenvalue weighted by Crippen LogP contribution is -2.15. The number of halogens is 1. The summed E-state index contributed by atoms with van der Waals surface area (Å²) in [5, 5.41) is 9.31. The Kier molecular flexibility index (Phi) is 3.49.